The second-order valence-corrected chi connectivity index (χ2v) is 10.8. The van der Waals surface area contributed by atoms with Crippen molar-refractivity contribution in [1.29, 1.82) is 0 Å². The third-order valence-electron chi connectivity index (χ3n) is 8.41. The smallest absolute Gasteiger partial charge is 0.259 e. The van der Waals surface area contributed by atoms with E-state index >= 15 is 0 Å². The number of hydrogen-bond donors (Lipinski definition) is 2. The van der Waals surface area contributed by atoms with Crippen molar-refractivity contribution in [2.45, 2.75) is 43.9 Å². The maximum atomic E-state index is 13.5. The average Bonchev–Trinajstić information content (AvgIpc) is 3.59. The first-order valence-electron chi connectivity index (χ1n) is 13.5. The Labute approximate surface area is 229 Å². The summed E-state index contributed by atoms with van der Waals surface area (Å²) in [7, 11) is 0. The molecule has 1 aromatic heterocycles. The third-order valence-corrected chi connectivity index (χ3v) is 8.41. The molecule has 0 radical (unpaired) electrons. The van der Waals surface area contributed by atoms with Gasteiger partial charge < -0.3 is 9.63 Å². The van der Waals surface area contributed by atoms with Crippen LogP contribution < -0.4 is 10.2 Å². The van der Waals surface area contributed by atoms with E-state index in [1.807, 2.05) is 36.4 Å². The summed E-state index contributed by atoms with van der Waals surface area (Å²) in [6.07, 6.45) is 2.89. The largest absolute Gasteiger partial charge is 0.385 e. The van der Waals surface area contributed by atoms with Crippen LogP contribution in [-0.4, -0.2) is 57.0 Å². The predicted molar refractivity (Wildman–Crippen MR) is 145 cm³/mol. The summed E-state index contributed by atoms with van der Waals surface area (Å²) in [5, 5.41) is 19.7. The van der Waals surface area contributed by atoms with Crippen LogP contribution in [0, 0.1) is 0 Å². The van der Waals surface area contributed by atoms with Crippen molar-refractivity contribution in [3.8, 4) is 11.4 Å². The molecular formula is C30H27N5O5. The fourth-order valence-corrected chi connectivity index (χ4v) is 6.31. The average molecular weight is 538 g/mol. The van der Waals surface area contributed by atoms with Crippen molar-refractivity contribution in [2.75, 3.05) is 18.0 Å². The third kappa shape index (κ3) is 3.99. The number of benzene rings is 3. The zero-order valence-corrected chi connectivity index (χ0v) is 21.7. The van der Waals surface area contributed by atoms with Gasteiger partial charge in [-0.05, 0) is 47.9 Å². The zero-order valence-electron chi connectivity index (χ0n) is 21.7. The van der Waals surface area contributed by atoms with Crippen molar-refractivity contribution in [3.05, 3.63) is 77.7 Å². The van der Waals surface area contributed by atoms with E-state index in [4.69, 9.17) is 4.52 Å². The molecule has 2 saturated heterocycles. The number of amides is 3. The molecule has 4 heterocycles. The lowest BCUT2D eigenvalue weighted by Gasteiger charge is -2.39. The van der Waals surface area contributed by atoms with Crippen molar-refractivity contribution in [2.24, 2.45) is 0 Å². The second kappa shape index (κ2) is 9.35. The van der Waals surface area contributed by atoms with Crippen molar-refractivity contribution in [3.63, 3.8) is 0 Å². The lowest BCUT2D eigenvalue weighted by atomic mass is 9.81. The lowest BCUT2D eigenvalue weighted by Crippen LogP contribution is -2.53. The molecule has 2 fully saturated rings. The number of likely N-dealkylation sites (tertiary alicyclic amines) is 1. The van der Waals surface area contributed by atoms with Crippen molar-refractivity contribution < 1.29 is 24.0 Å². The molecule has 3 amide bonds. The molecule has 10 heteroatoms. The summed E-state index contributed by atoms with van der Waals surface area (Å²) in [6.45, 7) is 2.20. The Kier molecular flexibility index (Phi) is 5.76. The minimum Gasteiger partial charge on any atom is -0.385 e. The Bertz CT molecular complexity index is 1640. The van der Waals surface area contributed by atoms with E-state index < -0.39 is 17.6 Å². The minimum atomic E-state index is -1.04. The Hall–Kier alpha value is -4.41. The van der Waals surface area contributed by atoms with Gasteiger partial charge in [-0.2, -0.15) is 4.98 Å². The SMILES string of the molecule is O=C1CCC(N2C(=O)c3ccc(C4(O)CCN(Cc5ccc(-c6ncon6)cc5)CC4)c4cccc2c34)C(=O)N1. The minimum absolute atomic E-state index is 0.191. The van der Waals surface area contributed by atoms with Gasteiger partial charge in [-0.25, -0.2) is 0 Å². The van der Waals surface area contributed by atoms with Gasteiger partial charge in [0.1, 0.15) is 6.04 Å². The molecule has 1 atom stereocenters. The van der Waals surface area contributed by atoms with Crippen molar-refractivity contribution >= 4 is 34.2 Å². The van der Waals surface area contributed by atoms with Gasteiger partial charge in [-0.15, -0.1) is 0 Å². The van der Waals surface area contributed by atoms with E-state index in [-0.39, 0.29) is 24.7 Å². The summed E-state index contributed by atoms with van der Waals surface area (Å²) in [5.74, 6) is -0.466. The molecule has 4 aromatic rings. The Balaban J connectivity index is 1.11. The highest BCUT2D eigenvalue weighted by Crippen LogP contribution is 2.45. The normalized spacial score (nSPS) is 20.8. The summed E-state index contributed by atoms with van der Waals surface area (Å²) in [6, 6.07) is 16.6. The van der Waals surface area contributed by atoms with E-state index in [9.17, 15) is 19.5 Å². The number of nitrogens with one attached hydrogen (secondary N) is 1. The molecule has 2 N–H and O–H groups in total. The number of piperidine rings is 2. The topological polar surface area (TPSA) is 129 Å². The molecule has 7 rings (SSSR count). The van der Waals surface area contributed by atoms with E-state index in [0.717, 1.165) is 34.0 Å². The second-order valence-electron chi connectivity index (χ2n) is 10.8. The number of imide groups is 1. The van der Waals surface area contributed by atoms with Crippen LogP contribution >= 0.6 is 0 Å². The molecule has 3 aliphatic heterocycles. The summed E-state index contributed by atoms with van der Waals surface area (Å²) in [5.41, 5.74) is 2.99. The van der Waals surface area contributed by atoms with Gasteiger partial charge in [-0.1, -0.05) is 47.6 Å². The molecule has 3 aliphatic rings. The first-order chi connectivity index (χ1) is 19.4. The van der Waals surface area contributed by atoms with Gasteiger partial charge in [0.2, 0.25) is 24.0 Å². The molecule has 202 valence electrons. The first kappa shape index (κ1) is 24.6. The van der Waals surface area contributed by atoms with Crippen LogP contribution in [0.3, 0.4) is 0 Å². The highest BCUT2D eigenvalue weighted by Gasteiger charge is 2.42. The maximum Gasteiger partial charge on any atom is 0.259 e. The lowest BCUT2D eigenvalue weighted by molar-refractivity contribution is -0.134. The van der Waals surface area contributed by atoms with Gasteiger partial charge in [-0.3, -0.25) is 29.5 Å². The van der Waals surface area contributed by atoms with E-state index in [1.165, 1.54) is 11.3 Å². The van der Waals surface area contributed by atoms with Gasteiger partial charge in [0.15, 0.2) is 0 Å². The van der Waals surface area contributed by atoms with E-state index in [1.54, 1.807) is 6.07 Å². The quantitative estimate of drug-likeness (QED) is 0.372. The number of rotatable bonds is 5. The van der Waals surface area contributed by atoms with Gasteiger partial charge in [0.25, 0.3) is 5.91 Å². The van der Waals surface area contributed by atoms with Crippen LogP contribution in [0.4, 0.5) is 5.69 Å². The Morgan fingerprint density at radius 2 is 1.82 bits per heavy atom. The first-order valence-corrected chi connectivity index (χ1v) is 13.5. The van der Waals surface area contributed by atoms with Crippen LogP contribution in [0.2, 0.25) is 0 Å². The molecule has 0 spiro atoms. The molecular weight excluding hydrogens is 510 g/mol. The summed E-state index contributed by atoms with van der Waals surface area (Å²) in [4.78, 5) is 45.7. The number of hydrogen-bond acceptors (Lipinski definition) is 8. The highest BCUT2D eigenvalue weighted by molar-refractivity contribution is 6.27. The monoisotopic (exact) mass is 537 g/mol. The molecule has 40 heavy (non-hydrogen) atoms. The predicted octanol–water partition coefficient (Wildman–Crippen LogP) is 3.14. The van der Waals surface area contributed by atoms with Crippen LogP contribution in [0.15, 0.2) is 65.5 Å². The number of nitrogens with zero attached hydrogens (tertiary/aromatic N) is 4. The molecule has 10 nitrogen and oxygen atoms in total. The summed E-state index contributed by atoms with van der Waals surface area (Å²) >= 11 is 0. The van der Waals surface area contributed by atoms with Crippen molar-refractivity contribution in [1.82, 2.24) is 20.4 Å². The fraction of sp³-hybridized carbons (Fsp3) is 0.300. The summed E-state index contributed by atoms with van der Waals surface area (Å²) < 4.78 is 4.83. The van der Waals surface area contributed by atoms with Gasteiger partial charge >= 0.3 is 0 Å². The van der Waals surface area contributed by atoms with Crippen LogP contribution in [0.25, 0.3) is 22.2 Å². The molecule has 1 unspecified atom stereocenters. The molecule has 0 aliphatic carbocycles. The Morgan fingerprint density at radius 3 is 2.55 bits per heavy atom. The number of aliphatic hydroxyl groups is 1. The van der Waals surface area contributed by atoms with Gasteiger partial charge in [0.05, 0.1) is 11.3 Å². The number of carbonyl (C=O) groups is 3. The highest BCUT2D eigenvalue weighted by atomic mass is 16.5. The Morgan fingerprint density at radius 1 is 1.02 bits per heavy atom. The molecule has 3 aromatic carbocycles. The molecule has 0 bridgehead atoms. The number of carbonyl (C=O) groups excluding carboxylic acids is 3. The molecule has 0 saturated carbocycles. The maximum absolute atomic E-state index is 13.5. The van der Waals surface area contributed by atoms with Crippen LogP contribution in [0.5, 0.6) is 0 Å². The van der Waals surface area contributed by atoms with Crippen LogP contribution in [-0.2, 0) is 21.7 Å². The number of aromatic nitrogens is 2. The van der Waals surface area contributed by atoms with Crippen LogP contribution in [0.1, 0.15) is 47.2 Å². The van der Waals surface area contributed by atoms with E-state index in [2.05, 4.69) is 32.5 Å². The number of anilines is 1. The standard InChI is InChI=1S/C30H27N5O5/c36-25-11-10-24(28(37)32-25)35-23-3-1-2-20-22(9-8-21(26(20)23)29(35)38)30(39)12-14-34(15-13-30)16-18-4-6-19(7-5-18)27-31-17-40-33-27/h1-9,17,24,39H,10-16H2,(H,32,36,37). The van der Waals surface area contributed by atoms with E-state index in [0.29, 0.717) is 43.0 Å². The van der Waals surface area contributed by atoms with Gasteiger partial charge in [0, 0.05) is 42.6 Å². The zero-order chi connectivity index (χ0) is 27.4. The fourth-order valence-electron chi connectivity index (χ4n) is 6.31.